The Balaban J connectivity index is 2.34. The standard InChI is InChI=1S/C14H12N2O5S/c1-7(8(2)13-15-12(6-22-13)14(18)19)9-3-10(16(20)21)5-11(17)4-9/h3-7,17H,2H2,1H3,(H,18,19). The largest absolute Gasteiger partial charge is 0.508 e. The van der Waals surface area contributed by atoms with Crippen molar-refractivity contribution in [3.05, 3.63) is 56.5 Å². The first-order valence-electron chi connectivity index (χ1n) is 6.16. The third-order valence-corrected chi connectivity index (χ3v) is 4.07. The minimum absolute atomic E-state index is 0.0739. The molecule has 0 aliphatic carbocycles. The fourth-order valence-electron chi connectivity index (χ4n) is 1.88. The van der Waals surface area contributed by atoms with Gasteiger partial charge in [-0.1, -0.05) is 13.5 Å². The zero-order valence-corrected chi connectivity index (χ0v) is 12.3. The molecule has 1 unspecified atom stereocenters. The first-order valence-corrected chi connectivity index (χ1v) is 7.04. The molecule has 1 aromatic carbocycles. The first-order chi connectivity index (χ1) is 10.3. The summed E-state index contributed by atoms with van der Waals surface area (Å²) in [5, 5.41) is 31.2. The molecular weight excluding hydrogens is 308 g/mol. The average molecular weight is 320 g/mol. The molecule has 1 aromatic heterocycles. The molecule has 0 radical (unpaired) electrons. The number of nitrogens with zero attached hydrogens (tertiary/aromatic N) is 2. The molecule has 22 heavy (non-hydrogen) atoms. The van der Waals surface area contributed by atoms with Gasteiger partial charge < -0.3 is 10.2 Å². The molecule has 0 saturated heterocycles. The molecule has 2 aromatic rings. The number of phenolic OH excluding ortho intramolecular Hbond substituents is 1. The molecule has 8 heteroatoms. The molecule has 7 nitrogen and oxygen atoms in total. The molecule has 114 valence electrons. The highest BCUT2D eigenvalue weighted by molar-refractivity contribution is 7.11. The van der Waals surface area contributed by atoms with E-state index < -0.39 is 10.9 Å². The molecule has 2 rings (SSSR count). The van der Waals surface area contributed by atoms with Crippen molar-refractivity contribution < 1.29 is 19.9 Å². The van der Waals surface area contributed by atoms with Crippen molar-refractivity contribution in [2.24, 2.45) is 0 Å². The summed E-state index contributed by atoms with van der Waals surface area (Å²) < 4.78 is 0. The minimum Gasteiger partial charge on any atom is -0.508 e. The van der Waals surface area contributed by atoms with Gasteiger partial charge in [-0.15, -0.1) is 11.3 Å². The van der Waals surface area contributed by atoms with Crippen molar-refractivity contribution in [1.29, 1.82) is 0 Å². The lowest BCUT2D eigenvalue weighted by atomic mass is 9.93. The molecule has 0 fully saturated rings. The Bertz CT molecular complexity index is 768. The zero-order chi connectivity index (χ0) is 16.4. The van der Waals surface area contributed by atoms with E-state index in [0.717, 1.165) is 17.4 Å². The summed E-state index contributed by atoms with van der Waals surface area (Å²) in [4.78, 5) is 25.1. The second-order valence-corrected chi connectivity index (χ2v) is 5.49. The number of nitro groups is 1. The first kappa shape index (κ1) is 15.6. The van der Waals surface area contributed by atoms with Crippen LogP contribution in [0.3, 0.4) is 0 Å². The second-order valence-electron chi connectivity index (χ2n) is 4.63. The lowest BCUT2D eigenvalue weighted by molar-refractivity contribution is -0.385. The summed E-state index contributed by atoms with van der Waals surface area (Å²) in [5.74, 6) is -1.70. The van der Waals surface area contributed by atoms with E-state index in [-0.39, 0.29) is 23.0 Å². The predicted octanol–water partition coefficient (Wildman–Crippen LogP) is 3.27. The highest BCUT2D eigenvalue weighted by Gasteiger charge is 2.19. The lowest BCUT2D eigenvalue weighted by Crippen LogP contribution is -2.00. The normalized spacial score (nSPS) is 11.9. The molecule has 1 atom stereocenters. The summed E-state index contributed by atoms with van der Waals surface area (Å²) in [6, 6.07) is 3.82. The van der Waals surface area contributed by atoms with Gasteiger partial charge in [0, 0.05) is 17.4 Å². The van der Waals surface area contributed by atoms with Gasteiger partial charge in [0.15, 0.2) is 5.69 Å². The number of aromatic nitrogens is 1. The smallest absolute Gasteiger partial charge is 0.355 e. The Labute approximate surface area is 129 Å². The van der Waals surface area contributed by atoms with Gasteiger partial charge in [-0.2, -0.15) is 0 Å². The summed E-state index contributed by atoms with van der Waals surface area (Å²) in [6.07, 6.45) is 0. The fraction of sp³-hybridized carbons (Fsp3) is 0.143. The van der Waals surface area contributed by atoms with Crippen LogP contribution >= 0.6 is 11.3 Å². The van der Waals surface area contributed by atoms with E-state index in [1.165, 1.54) is 17.5 Å². The molecule has 0 bridgehead atoms. The quantitative estimate of drug-likeness (QED) is 0.645. The van der Waals surface area contributed by atoms with Crippen LogP contribution in [0.2, 0.25) is 0 Å². The number of hydrogen-bond acceptors (Lipinski definition) is 6. The van der Waals surface area contributed by atoms with Gasteiger partial charge in [-0.3, -0.25) is 10.1 Å². The van der Waals surface area contributed by atoms with E-state index in [4.69, 9.17) is 5.11 Å². The van der Waals surface area contributed by atoms with E-state index >= 15 is 0 Å². The SMILES string of the molecule is C=C(c1nc(C(=O)O)cs1)C(C)c1cc(O)cc([N+](=O)[O-])c1. The molecule has 1 heterocycles. The predicted molar refractivity (Wildman–Crippen MR) is 81.3 cm³/mol. The van der Waals surface area contributed by atoms with Crippen LogP contribution in [0.15, 0.2) is 30.2 Å². The summed E-state index contributed by atoms with van der Waals surface area (Å²) in [6.45, 7) is 5.63. The number of carbonyl (C=O) groups is 1. The number of phenols is 1. The Morgan fingerprint density at radius 1 is 1.45 bits per heavy atom. The Morgan fingerprint density at radius 2 is 2.14 bits per heavy atom. The fourth-order valence-corrected chi connectivity index (χ4v) is 2.74. The molecule has 0 aliphatic heterocycles. The molecular formula is C14H12N2O5S. The Morgan fingerprint density at radius 3 is 2.68 bits per heavy atom. The number of rotatable bonds is 5. The highest BCUT2D eigenvalue weighted by atomic mass is 32.1. The van der Waals surface area contributed by atoms with Crippen LogP contribution in [0.4, 0.5) is 5.69 Å². The van der Waals surface area contributed by atoms with Gasteiger partial charge in [-0.05, 0) is 17.2 Å². The monoisotopic (exact) mass is 320 g/mol. The second kappa shape index (κ2) is 5.94. The van der Waals surface area contributed by atoms with E-state index in [1.807, 2.05) is 0 Å². The maximum absolute atomic E-state index is 10.8. The van der Waals surface area contributed by atoms with Crippen molar-refractivity contribution in [3.63, 3.8) is 0 Å². The van der Waals surface area contributed by atoms with Crippen molar-refractivity contribution in [2.45, 2.75) is 12.8 Å². The third kappa shape index (κ3) is 3.12. The average Bonchev–Trinajstić information content (AvgIpc) is 2.95. The Kier molecular flexibility index (Phi) is 4.22. The number of aromatic carboxylic acids is 1. The number of non-ortho nitro benzene ring substituents is 1. The molecule has 0 spiro atoms. The van der Waals surface area contributed by atoms with Gasteiger partial charge in [0.1, 0.15) is 10.8 Å². The molecule has 2 N–H and O–H groups in total. The number of nitro benzene ring substituents is 1. The van der Waals surface area contributed by atoms with Crippen LogP contribution in [-0.2, 0) is 0 Å². The van der Waals surface area contributed by atoms with Crippen LogP contribution in [0.25, 0.3) is 5.57 Å². The van der Waals surface area contributed by atoms with Gasteiger partial charge in [0.2, 0.25) is 0 Å². The Hall–Kier alpha value is -2.74. The number of carboxylic acids is 1. The number of allylic oxidation sites excluding steroid dienone is 1. The van der Waals surface area contributed by atoms with Crippen molar-refractivity contribution in [1.82, 2.24) is 4.98 Å². The van der Waals surface area contributed by atoms with Crippen molar-refractivity contribution in [3.8, 4) is 5.75 Å². The summed E-state index contributed by atoms with van der Waals surface area (Å²) >= 11 is 1.14. The minimum atomic E-state index is -1.13. The van der Waals surface area contributed by atoms with Gasteiger partial charge in [0.25, 0.3) is 5.69 Å². The van der Waals surface area contributed by atoms with Crippen LogP contribution in [0, 0.1) is 10.1 Å². The maximum Gasteiger partial charge on any atom is 0.355 e. The molecule has 0 saturated carbocycles. The van der Waals surface area contributed by atoms with E-state index in [9.17, 15) is 20.0 Å². The highest BCUT2D eigenvalue weighted by Crippen LogP contribution is 2.35. The van der Waals surface area contributed by atoms with Gasteiger partial charge >= 0.3 is 5.97 Å². The van der Waals surface area contributed by atoms with E-state index in [1.54, 1.807) is 6.92 Å². The van der Waals surface area contributed by atoms with Crippen LogP contribution < -0.4 is 0 Å². The topological polar surface area (TPSA) is 114 Å². The third-order valence-electron chi connectivity index (χ3n) is 3.16. The van der Waals surface area contributed by atoms with Gasteiger partial charge in [0.05, 0.1) is 11.0 Å². The maximum atomic E-state index is 10.8. The number of benzene rings is 1. The number of aromatic hydroxyl groups is 1. The lowest BCUT2D eigenvalue weighted by Gasteiger charge is -2.13. The summed E-state index contributed by atoms with van der Waals surface area (Å²) in [7, 11) is 0. The molecule has 0 aliphatic rings. The van der Waals surface area contributed by atoms with E-state index in [0.29, 0.717) is 16.1 Å². The van der Waals surface area contributed by atoms with Crippen molar-refractivity contribution in [2.75, 3.05) is 0 Å². The van der Waals surface area contributed by atoms with Crippen LogP contribution in [0.5, 0.6) is 5.75 Å². The van der Waals surface area contributed by atoms with E-state index in [2.05, 4.69) is 11.6 Å². The number of thiazole rings is 1. The number of carboxylic acid groups (broad SMARTS) is 1. The summed E-state index contributed by atoms with van der Waals surface area (Å²) in [5.41, 5.74) is 0.733. The zero-order valence-electron chi connectivity index (χ0n) is 11.5. The van der Waals surface area contributed by atoms with Crippen molar-refractivity contribution >= 4 is 28.6 Å². The molecule has 0 amide bonds. The van der Waals surface area contributed by atoms with Crippen LogP contribution in [0.1, 0.15) is 33.9 Å². The van der Waals surface area contributed by atoms with Crippen LogP contribution in [-0.4, -0.2) is 26.1 Å². The number of hydrogen-bond donors (Lipinski definition) is 2. The van der Waals surface area contributed by atoms with Gasteiger partial charge in [-0.25, -0.2) is 9.78 Å².